The lowest BCUT2D eigenvalue weighted by Crippen LogP contribution is -2.50. The number of carbonyl (C=O) groups excluding carboxylic acids is 1. The fraction of sp³-hybridized carbons (Fsp3) is 0.381. The van der Waals surface area contributed by atoms with Gasteiger partial charge in [0.1, 0.15) is 11.6 Å². The van der Waals surface area contributed by atoms with Crippen LogP contribution in [-0.4, -0.2) is 37.6 Å². The lowest BCUT2D eigenvalue weighted by molar-refractivity contribution is -0.130. The van der Waals surface area contributed by atoms with E-state index in [0.29, 0.717) is 36.6 Å². The number of nitrogens with one attached hydrogen (secondary N) is 1. The molecule has 150 valence electrons. The van der Waals surface area contributed by atoms with Crippen molar-refractivity contribution in [1.82, 2.24) is 10.2 Å². The molecule has 3 rings (SSSR count). The molecule has 1 aliphatic heterocycles. The molecule has 1 heterocycles. The smallest absolute Gasteiger partial charge is 0.236 e. The highest BCUT2D eigenvalue weighted by Crippen LogP contribution is 2.32. The van der Waals surface area contributed by atoms with Gasteiger partial charge in [-0.3, -0.25) is 10.1 Å². The minimum atomic E-state index is -0.460. The summed E-state index contributed by atoms with van der Waals surface area (Å²) in [6.45, 7) is 1.26. The number of nitrogens with zero attached hydrogens (tertiary/aromatic N) is 1. The normalized spacial score (nSPS) is 16.0. The Morgan fingerprint density at radius 3 is 2.50 bits per heavy atom. The van der Waals surface area contributed by atoms with Gasteiger partial charge in [-0.25, -0.2) is 8.78 Å². The predicted octanol–water partition coefficient (Wildman–Crippen LogP) is 3.87. The van der Waals surface area contributed by atoms with E-state index < -0.39 is 11.4 Å². The molecule has 1 aliphatic rings. The maximum absolute atomic E-state index is 14.0. The Bertz CT molecular complexity index is 803. The van der Waals surface area contributed by atoms with Crippen LogP contribution in [0.4, 0.5) is 8.78 Å². The molecular formula is C21H23ClF2N2O2. The van der Waals surface area contributed by atoms with Gasteiger partial charge in [0.2, 0.25) is 5.91 Å². The highest BCUT2D eigenvalue weighted by atomic mass is 35.5. The van der Waals surface area contributed by atoms with Crippen LogP contribution in [0.3, 0.4) is 0 Å². The van der Waals surface area contributed by atoms with E-state index in [-0.39, 0.29) is 24.8 Å². The molecule has 0 aromatic heterocycles. The van der Waals surface area contributed by atoms with Gasteiger partial charge in [0.05, 0.1) is 6.54 Å². The van der Waals surface area contributed by atoms with Crippen LogP contribution < -0.4 is 5.32 Å². The van der Waals surface area contributed by atoms with Crippen molar-refractivity contribution in [3.8, 4) is 0 Å². The SMILES string of the molecule is CN(Cc1c(F)cccc1Cl)C(=O)CNC1(c2ccc(F)cc2)CCOCC1. The number of amides is 1. The molecule has 28 heavy (non-hydrogen) atoms. The maximum atomic E-state index is 14.0. The number of likely N-dealkylation sites (N-methyl/N-ethyl adjacent to an activating group) is 1. The van der Waals surface area contributed by atoms with Gasteiger partial charge in [0.15, 0.2) is 0 Å². The summed E-state index contributed by atoms with van der Waals surface area (Å²) in [5.41, 5.74) is 0.752. The molecular weight excluding hydrogens is 386 g/mol. The molecule has 1 amide bonds. The summed E-state index contributed by atoms with van der Waals surface area (Å²) in [6.07, 6.45) is 1.35. The molecule has 1 saturated heterocycles. The molecule has 2 aromatic rings. The first-order valence-electron chi connectivity index (χ1n) is 9.17. The van der Waals surface area contributed by atoms with Gasteiger partial charge in [-0.2, -0.15) is 0 Å². The zero-order valence-corrected chi connectivity index (χ0v) is 16.4. The van der Waals surface area contributed by atoms with Crippen LogP contribution in [0.15, 0.2) is 42.5 Å². The van der Waals surface area contributed by atoms with Crippen LogP contribution in [0.2, 0.25) is 5.02 Å². The number of halogens is 3. The number of benzene rings is 2. The summed E-state index contributed by atoms with van der Waals surface area (Å²) in [6, 6.07) is 10.8. The summed E-state index contributed by atoms with van der Waals surface area (Å²) < 4.78 is 32.8. The molecule has 0 saturated carbocycles. The number of hydrogen-bond acceptors (Lipinski definition) is 3. The average Bonchev–Trinajstić information content (AvgIpc) is 2.70. The van der Waals surface area contributed by atoms with E-state index in [1.165, 1.54) is 29.2 Å². The van der Waals surface area contributed by atoms with Crippen molar-refractivity contribution in [2.75, 3.05) is 26.8 Å². The summed E-state index contributed by atoms with van der Waals surface area (Å²) in [5.74, 6) is -0.928. The molecule has 0 unspecified atom stereocenters. The first kappa shape index (κ1) is 20.7. The Labute approximate surface area is 168 Å². The quantitative estimate of drug-likeness (QED) is 0.788. The number of ether oxygens (including phenoxy) is 1. The monoisotopic (exact) mass is 408 g/mol. The second-order valence-electron chi connectivity index (χ2n) is 7.00. The minimum absolute atomic E-state index is 0.0694. The first-order valence-corrected chi connectivity index (χ1v) is 9.55. The van der Waals surface area contributed by atoms with E-state index in [2.05, 4.69) is 5.32 Å². The van der Waals surface area contributed by atoms with E-state index in [1.54, 1.807) is 25.2 Å². The third kappa shape index (κ3) is 4.69. The predicted molar refractivity (Wildman–Crippen MR) is 104 cm³/mol. The molecule has 0 bridgehead atoms. The van der Waals surface area contributed by atoms with E-state index in [1.807, 2.05) is 0 Å². The van der Waals surface area contributed by atoms with Crippen molar-refractivity contribution in [2.45, 2.75) is 24.9 Å². The van der Waals surface area contributed by atoms with E-state index in [0.717, 1.165) is 5.56 Å². The minimum Gasteiger partial charge on any atom is -0.381 e. The van der Waals surface area contributed by atoms with Gasteiger partial charge in [-0.15, -0.1) is 0 Å². The lowest BCUT2D eigenvalue weighted by Gasteiger charge is -2.39. The fourth-order valence-corrected chi connectivity index (χ4v) is 3.67. The molecule has 1 N–H and O–H groups in total. The van der Waals surface area contributed by atoms with Crippen molar-refractivity contribution < 1.29 is 18.3 Å². The highest BCUT2D eigenvalue weighted by Gasteiger charge is 2.34. The maximum Gasteiger partial charge on any atom is 0.236 e. The van der Waals surface area contributed by atoms with Gasteiger partial charge in [-0.05, 0) is 42.7 Å². The number of hydrogen-bond donors (Lipinski definition) is 1. The Morgan fingerprint density at radius 1 is 1.18 bits per heavy atom. The largest absolute Gasteiger partial charge is 0.381 e. The summed E-state index contributed by atoms with van der Waals surface area (Å²) in [5, 5.41) is 3.64. The zero-order chi connectivity index (χ0) is 20.1. The lowest BCUT2D eigenvalue weighted by atomic mass is 9.82. The molecule has 4 nitrogen and oxygen atoms in total. The third-order valence-electron chi connectivity index (χ3n) is 5.20. The molecule has 2 aromatic carbocycles. The van der Waals surface area contributed by atoms with Gasteiger partial charge in [0.25, 0.3) is 0 Å². The van der Waals surface area contributed by atoms with Gasteiger partial charge < -0.3 is 9.64 Å². The van der Waals surface area contributed by atoms with Crippen molar-refractivity contribution in [3.63, 3.8) is 0 Å². The van der Waals surface area contributed by atoms with Crippen molar-refractivity contribution in [1.29, 1.82) is 0 Å². The van der Waals surface area contributed by atoms with Gasteiger partial charge in [-0.1, -0.05) is 29.8 Å². The Hall–Kier alpha value is -2.02. The summed E-state index contributed by atoms with van der Waals surface area (Å²) in [7, 11) is 1.61. The first-order chi connectivity index (χ1) is 13.4. The molecule has 7 heteroatoms. The van der Waals surface area contributed by atoms with Crippen LogP contribution >= 0.6 is 11.6 Å². The number of rotatable bonds is 6. The fourth-order valence-electron chi connectivity index (χ4n) is 3.44. The zero-order valence-electron chi connectivity index (χ0n) is 15.7. The second-order valence-corrected chi connectivity index (χ2v) is 7.41. The summed E-state index contributed by atoms with van der Waals surface area (Å²) in [4.78, 5) is 14.1. The van der Waals surface area contributed by atoms with Crippen LogP contribution in [-0.2, 0) is 21.6 Å². The molecule has 0 aliphatic carbocycles. The third-order valence-corrected chi connectivity index (χ3v) is 5.56. The Morgan fingerprint density at radius 2 is 1.86 bits per heavy atom. The van der Waals surface area contributed by atoms with Crippen molar-refractivity contribution in [2.24, 2.45) is 0 Å². The molecule has 0 radical (unpaired) electrons. The van der Waals surface area contributed by atoms with Gasteiger partial charge in [0, 0.05) is 42.9 Å². The highest BCUT2D eigenvalue weighted by molar-refractivity contribution is 6.31. The Balaban J connectivity index is 1.69. The standard InChI is InChI=1S/C21H23ClF2N2O2/c1-26(14-17-18(22)3-2-4-19(17)24)20(27)13-25-21(9-11-28-12-10-21)15-5-7-16(23)8-6-15/h2-8,25H,9-14H2,1H3. The molecule has 0 atom stereocenters. The molecule has 0 spiro atoms. The summed E-state index contributed by atoms with van der Waals surface area (Å²) >= 11 is 6.05. The van der Waals surface area contributed by atoms with E-state index in [4.69, 9.17) is 16.3 Å². The molecule has 1 fully saturated rings. The van der Waals surface area contributed by atoms with Crippen LogP contribution in [0.1, 0.15) is 24.0 Å². The number of carbonyl (C=O) groups is 1. The van der Waals surface area contributed by atoms with E-state index in [9.17, 15) is 13.6 Å². The van der Waals surface area contributed by atoms with Gasteiger partial charge >= 0.3 is 0 Å². The van der Waals surface area contributed by atoms with Crippen molar-refractivity contribution in [3.05, 3.63) is 70.2 Å². The average molecular weight is 409 g/mol. The Kier molecular flexibility index (Phi) is 6.65. The van der Waals surface area contributed by atoms with Crippen LogP contribution in [0.5, 0.6) is 0 Å². The van der Waals surface area contributed by atoms with Crippen LogP contribution in [0.25, 0.3) is 0 Å². The van der Waals surface area contributed by atoms with Crippen LogP contribution in [0, 0.1) is 11.6 Å². The van der Waals surface area contributed by atoms with Crippen molar-refractivity contribution >= 4 is 17.5 Å². The van der Waals surface area contributed by atoms with E-state index >= 15 is 0 Å². The topological polar surface area (TPSA) is 41.6 Å². The second kappa shape index (κ2) is 8.99.